The molecule has 2 amide bonds. The molecule has 6 heteroatoms. The Kier molecular flexibility index (Phi) is 5.88. The van der Waals surface area contributed by atoms with Gasteiger partial charge in [0.2, 0.25) is 0 Å². The van der Waals surface area contributed by atoms with Gasteiger partial charge in [-0.3, -0.25) is 9.59 Å². The fraction of sp³-hybridized carbons (Fsp3) is 0.238. The highest BCUT2D eigenvalue weighted by molar-refractivity contribution is 6.15. The number of fused-ring (bicyclic) bond motifs is 1. The second-order valence-electron chi connectivity index (χ2n) is 6.35. The fourth-order valence-electron chi connectivity index (χ4n) is 2.92. The summed E-state index contributed by atoms with van der Waals surface area (Å²) in [6, 6.07) is 14.8. The Morgan fingerprint density at radius 3 is 2.67 bits per heavy atom. The number of methoxy groups -OCH3 is 1. The normalized spacial score (nSPS) is 10.7. The van der Waals surface area contributed by atoms with E-state index in [1.54, 1.807) is 13.2 Å². The van der Waals surface area contributed by atoms with E-state index in [9.17, 15) is 9.59 Å². The number of aromatic amines is 1. The molecule has 2 aromatic carbocycles. The first-order valence-electron chi connectivity index (χ1n) is 8.86. The molecule has 0 spiro atoms. The van der Waals surface area contributed by atoms with Crippen molar-refractivity contribution in [2.75, 3.05) is 25.6 Å². The molecule has 0 aliphatic rings. The molecule has 0 saturated carbocycles. The number of carbonyl (C=O) groups is 2. The lowest BCUT2D eigenvalue weighted by molar-refractivity contribution is 0.0945. The van der Waals surface area contributed by atoms with Gasteiger partial charge in [0, 0.05) is 36.7 Å². The topological polar surface area (TPSA) is 83.2 Å². The minimum absolute atomic E-state index is 0.253. The molecule has 6 nitrogen and oxygen atoms in total. The van der Waals surface area contributed by atoms with Crippen molar-refractivity contribution in [2.45, 2.75) is 13.3 Å². The Labute approximate surface area is 157 Å². The number of ether oxygens (including phenoxy) is 1. The molecule has 3 aromatic rings. The van der Waals surface area contributed by atoms with Gasteiger partial charge in [-0.1, -0.05) is 35.9 Å². The molecule has 0 saturated heterocycles. The standard InChI is InChI=1S/C21H23N3O3/c1-14-7-5-8-15(13-14)20(25)24-18-16-9-3-4-10-17(16)23-19(18)21(26)22-11-6-12-27-2/h3-5,7-10,13,23H,6,11-12H2,1-2H3,(H,22,26)(H,24,25). The molecule has 140 valence electrons. The van der Waals surface area contributed by atoms with Crippen LogP contribution in [0.15, 0.2) is 48.5 Å². The van der Waals surface area contributed by atoms with Crippen molar-refractivity contribution in [2.24, 2.45) is 0 Å². The minimum atomic E-state index is -0.262. The van der Waals surface area contributed by atoms with Crippen LogP contribution in [0.1, 0.15) is 32.8 Å². The number of rotatable bonds is 7. The Hall–Kier alpha value is -3.12. The maximum absolute atomic E-state index is 12.7. The maximum atomic E-state index is 12.7. The third kappa shape index (κ3) is 4.35. The van der Waals surface area contributed by atoms with E-state index in [-0.39, 0.29) is 11.8 Å². The van der Waals surface area contributed by atoms with E-state index in [1.807, 2.05) is 49.4 Å². The summed E-state index contributed by atoms with van der Waals surface area (Å²) in [6.45, 7) is 3.00. The van der Waals surface area contributed by atoms with Crippen molar-refractivity contribution in [3.05, 3.63) is 65.4 Å². The molecular weight excluding hydrogens is 342 g/mol. The van der Waals surface area contributed by atoms with E-state index >= 15 is 0 Å². The van der Waals surface area contributed by atoms with E-state index < -0.39 is 0 Å². The summed E-state index contributed by atoms with van der Waals surface area (Å²) < 4.78 is 5.00. The van der Waals surface area contributed by atoms with Crippen molar-refractivity contribution in [1.82, 2.24) is 10.3 Å². The third-order valence-electron chi connectivity index (χ3n) is 4.26. The van der Waals surface area contributed by atoms with E-state index in [2.05, 4.69) is 15.6 Å². The SMILES string of the molecule is COCCCNC(=O)c1[nH]c2ccccc2c1NC(=O)c1cccc(C)c1. The van der Waals surface area contributed by atoms with E-state index in [4.69, 9.17) is 4.74 Å². The molecular formula is C21H23N3O3. The largest absolute Gasteiger partial charge is 0.385 e. The maximum Gasteiger partial charge on any atom is 0.269 e. The van der Waals surface area contributed by atoms with Crippen LogP contribution in [0.3, 0.4) is 0 Å². The van der Waals surface area contributed by atoms with Crippen molar-refractivity contribution < 1.29 is 14.3 Å². The van der Waals surface area contributed by atoms with Crippen molar-refractivity contribution >= 4 is 28.4 Å². The number of benzene rings is 2. The second-order valence-corrected chi connectivity index (χ2v) is 6.35. The molecule has 0 atom stereocenters. The predicted molar refractivity (Wildman–Crippen MR) is 106 cm³/mol. The van der Waals surface area contributed by atoms with Crippen LogP contribution in [0.5, 0.6) is 0 Å². The van der Waals surface area contributed by atoms with Gasteiger partial charge in [0.1, 0.15) is 5.69 Å². The quantitative estimate of drug-likeness (QED) is 0.561. The van der Waals surface area contributed by atoms with Crippen molar-refractivity contribution in [3.63, 3.8) is 0 Å². The monoisotopic (exact) mass is 365 g/mol. The zero-order valence-electron chi connectivity index (χ0n) is 15.5. The minimum Gasteiger partial charge on any atom is -0.385 e. The number of hydrogen-bond acceptors (Lipinski definition) is 3. The number of H-pyrrole nitrogens is 1. The van der Waals surface area contributed by atoms with Crippen LogP contribution >= 0.6 is 0 Å². The molecule has 1 heterocycles. The number of amides is 2. The molecule has 0 unspecified atom stereocenters. The molecule has 0 radical (unpaired) electrons. The lowest BCUT2D eigenvalue weighted by Gasteiger charge is -2.09. The number of aryl methyl sites for hydroxylation is 1. The van der Waals surface area contributed by atoms with Crippen LogP contribution in [0.25, 0.3) is 10.9 Å². The van der Waals surface area contributed by atoms with E-state index in [0.717, 1.165) is 16.5 Å². The lowest BCUT2D eigenvalue weighted by atomic mass is 10.1. The number of hydrogen-bond donors (Lipinski definition) is 3. The smallest absolute Gasteiger partial charge is 0.269 e. The van der Waals surface area contributed by atoms with Gasteiger partial charge < -0.3 is 20.4 Å². The van der Waals surface area contributed by atoms with Crippen LogP contribution in [0.4, 0.5) is 5.69 Å². The Morgan fingerprint density at radius 1 is 1.07 bits per heavy atom. The van der Waals surface area contributed by atoms with Crippen LogP contribution in [0, 0.1) is 6.92 Å². The summed E-state index contributed by atoms with van der Waals surface area (Å²) in [4.78, 5) is 28.5. The molecule has 0 fully saturated rings. The highest BCUT2D eigenvalue weighted by Crippen LogP contribution is 2.28. The van der Waals surface area contributed by atoms with Gasteiger partial charge in [0.25, 0.3) is 11.8 Å². The zero-order valence-corrected chi connectivity index (χ0v) is 15.5. The Balaban J connectivity index is 1.88. The van der Waals surface area contributed by atoms with E-state index in [1.165, 1.54) is 0 Å². The number of aromatic nitrogens is 1. The number of carbonyl (C=O) groups excluding carboxylic acids is 2. The van der Waals surface area contributed by atoms with Gasteiger partial charge >= 0.3 is 0 Å². The molecule has 1 aromatic heterocycles. The molecule has 3 rings (SSSR count). The average Bonchev–Trinajstić information content (AvgIpc) is 3.04. The fourth-order valence-corrected chi connectivity index (χ4v) is 2.92. The summed E-state index contributed by atoms with van der Waals surface area (Å²) in [6.07, 6.45) is 0.716. The van der Waals surface area contributed by atoms with Crippen LogP contribution < -0.4 is 10.6 Å². The molecule has 27 heavy (non-hydrogen) atoms. The van der Waals surface area contributed by atoms with Gasteiger partial charge in [0.15, 0.2) is 0 Å². The summed E-state index contributed by atoms with van der Waals surface area (Å²) in [5, 5.41) is 6.55. The van der Waals surface area contributed by atoms with Crippen molar-refractivity contribution in [1.29, 1.82) is 0 Å². The van der Waals surface area contributed by atoms with Gasteiger partial charge in [-0.05, 0) is 31.5 Å². The molecule has 0 aliphatic carbocycles. The first-order chi connectivity index (χ1) is 13.1. The molecule has 3 N–H and O–H groups in total. The molecule has 0 bridgehead atoms. The number of nitrogens with one attached hydrogen (secondary N) is 3. The highest BCUT2D eigenvalue weighted by Gasteiger charge is 2.20. The first-order valence-corrected chi connectivity index (χ1v) is 8.86. The average molecular weight is 365 g/mol. The highest BCUT2D eigenvalue weighted by atomic mass is 16.5. The number of anilines is 1. The van der Waals surface area contributed by atoms with Crippen LogP contribution in [-0.2, 0) is 4.74 Å². The number of para-hydroxylation sites is 1. The summed E-state index contributed by atoms with van der Waals surface area (Å²) >= 11 is 0. The van der Waals surface area contributed by atoms with Gasteiger partial charge in [-0.15, -0.1) is 0 Å². The summed E-state index contributed by atoms with van der Waals surface area (Å²) in [7, 11) is 1.62. The summed E-state index contributed by atoms with van der Waals surface area (Å²) in [5.74, 6) is -0.515. The Bertz CT molecular complexity index is 962. The second kappa shape index (κ2) is 8.51. The van der Waals surface area contributed by atoms with Crippen molar-refractivity contribution in [3.8, 4) is 0 Å². The first kappa shape index (κ1) is 18.7. The van der Waals surface area contributed by atoms with Crippen LogP contribution in [-0.4, -0.2) is 37.1 Å². The van der Waals surface area contributed by atoms with Gasteiger partial charge in [-0.25, -0.2) is 0 Å². The molecule has 0 aliphatic heterocycles. The predicted octanol–water partition coefficient (Wildman–Crippen LogP) is 3.49. The Morgan fingerprint density at radius 2 is 1.89 bits per heavy atom. The summed E-state index contributed by atoms with van der Waals surface area (Å²) in [5.41, 5.74) is 3.17. The van der Waals surface area contributed by atoms with Gasteiger partial charge in [-0.2, -0.15) is 0 Å². The zero-order chi connectivity index (χ0) is 19.2. The van der Waals surface area contributed by atoms with Crippen LogP contribution in [0.2, 0.25) is 0 Å². The van der Waals surface area contributed by atoms with E-state index in [0.29, 0.717) is 36.5 Å². The van der Waals surface area contributed by atoms with Gasteiger partial charge in [0.05, 0.1) is 5.69 Å². The third-order valence-corrected chi connectivity index (χ3v) is 4.26. The lowest BCUT2D eigenvalue weighted by Crippen LogP contribution is -2.27.